The normalized spacial score (nSPS) is 15.7. The molecule has 0 aliphatic carbocycles. The maximum atomic E-state index is 11.5. The Morgan fingerprint density at radius 3 is 3.22 bits per heavy atom. The summed E-state index contributed by atoms with van der Waals surface area (Å²) in [6.45, 7) is 3.97. The first-order valence-corrected chi connectivity index (χ1v) is 6.90. The molecule has 2 N–H and O–H groups in total. The fourth-order valence-electron chi connectivity index (χ4n) is 1.76. The van der Waals surface area contributed by atoms with Crippen LogP contribution < -0.4 is 10.6 Å². The molecule has 2 amide bonds. The summed E-state index contributed by atoms with van der Waals surface area (Å²) in [6.07, 6.45) is 5.40. The van der Waals surface area contributed by atoms with Crippen molar-refractivity contribution in [1.29, 1.82) is 0 Å². The van der Waals surface area contributed by atoms with Gasteiger partial charge in [-0.25, -0.2) is 9.78 Å². The Morgan fingerprint density at radius 2 is 2.44 bits per heavy atom. The van der Waals surface area contributed by atoms with E-state index in [1.54, 1.807) is 17.5 Å². The Balaban J connectivity index is 1.94. The van der Waals surface area contributed by atoms with Gasteiger partial charge in [0.05, 0.1) is 5.69 Å². The Bertz CT molecular complexity index is 455. The van der Waals surface area contributed by atoms with Crippen LogP contribution >= 0.6 is 11.3 Å². The maximum absolute atomic E-state index is 11.5. The molecule has 0 fully saturated rings. The number of thiazole rings is 1. The first-order chi connectivity index (χ1) is 8.69. The average Bonchev–Trinajstić information content (AvgIpc) is 2.70. The third-order valence-corrected chi connectivity index (χ3v) is 3.71. The van der Waals surface area contributed by atoms with Crippen LogP contribution in [0.2, 0.25) is 0 Å². The van der Waals surface area contributed by atoms with Gasteiger partial charge in [0, 0.05) is 30.6 Å². The number of hydrogen-bond acceptors (Lipinski definition) is 4. The standard InChI is InChI=1S/C12H18N4OS/c1-3-4-6-13-11(17)15-12-14-9-5-7-16(2)8-10(9)18-12/h4,6H,3,5,7-8H2,1-2H3,(H2,13,14,15,17)/b6-4+. The van der Waals surface area contributed by atoms with Crippen molar-refractivity contribution in [2.75, 3.05) is 18.9 Å². The third kappa shape index (κ3) is 3.30. The topological polar surface area (TPSA) is 57.3 Å². The van der Waals surface area contributed by atoms with Crippen LogP contribution in [0.4, 0.5) is 9.93 Å². The predicted molar refractivity (Wildman–Crippen MR) is 73.7 cm³/mol. The summed E-state index contributed by atoms with van der Waals surface area (Å²) in [5.41, 5.74) is 1.12. The molecule has 0 spiro atoms. The van der Waals surface area contributed by atoms with Crippen LogP contribution in [0.15, 0.2) is 12.3 Å². The number of carbonyl (C=O) groups excluding carboxylic acids is 1. The van der Waals surface area contributed by atoms with E-state index in [9.17, 15) is 4.79 Å². The summed E-state index contributed by atoms with van der Waals surface area (Å²) in [5.74, 6) is 0. The Labute approximate surface area is 111 Å². The predicted octanol–water partition coefficient (Wildman–Crippen LogP) is 2.18. The molecular formula is C12H18N4OS. The largest absolute Gasteiger partial charge is 0.324 e. The van der Waals surface area contributed by atoms with Crippen molar-refractivity contribution in [3.05, 3.63) is 22.8 Å². The van der Waals surface area contributed by atoms with Gasteiger partial charge < -0.3 is 10.2 Å². The molecule has 0 aromatic carbocycles. The van der Waals surface area contributed by atoms with E-state index in [0.717, 1.165) is 31.6 Å². The summed E-state index contributed by atoms with van der Waals surface area (Å²) < 4.78 is 0. The van der Waals surface area contributed by atoms with E-state index in [0.29, 0.717) is 5.13 Å². The highest BCUT2D eigenvalue weighted by atomic mass is 32.1. The molecule has 0 saturated carbocycles. The van der Waals surface area contributed by atoms with Crippen LogP contribution in [0.25, 0.3) is 0 Å². The minimum atomic E-state index is -0.237. The van der Waals surface area contributed by atoms with Gasteiger partial charge in [0.15, 0.2) is 5.13 Å². The highest BCUT2D eigenvalue weighted by Crippen LogP contribution is 2.27. The van der Waals surface area contributed by atoms with Crippen LogP contribution in [-0.4, -0.2) is 29.5 Å². The number of anilines is 1. The number of fused-ring (bicyclic) bond motifs is 1. The molecule has 1 aliphatic heterocycles. The molecule has 1 aromatic heterocycles. The molecule has 5 nitrogen and oxygen atoms in total. The number of urea groups is 1. The van der Waals surface area contributed by atoms with Crippen LogP contribution in [0.5, 0.6) is 0 Å². The molecule has 6 heteroatoms. The van der Waals surface area contributed by atoms with Crippen molar-refractivity contribution in [3.8, 4) is 0 Å². The second-order valence-electron chi connectivity index (χ2n) is 4.29. The van der Waals surface area contributed by atoms with Gasteiger partial charge in [-0.2, -0.15) is 0 Å². The first-order valence-electron chi connectivity index (χ1n) is 6.08. The molecular weight excluding hydrogens is 248 g/mol. The van der Waals surface area contributed by atoms with Crippen molar-refractivity contribution in [2.24, 2.45) is 0 Å². The van der Waals surface area contributed by atoms with Crippen molar-refractivity contribution < 1.29 is 4.79 Å². The Morgan fingerprint density at radius 1 is 1.61 bits per heavy atom. The number of likely N-dealkylation sites (N-methyl/N-ethyl adjacent to an activating group) is 1. The van der Waals surface area contributed by atoms with Gasteiger partial charge in [-0.3, -0.25) is 5.32 Å². The van der Waals surface area contributed by atoms with E-state index in [4.69, 9.17) is 0 Å². The lowest BCUT2D eigenvalue weighted by Gasteiger charge is -2.20. The summed E-state index contributed by atoms with van der Waals surface area (Å²) in [6, 6.07) is -0.237. The molecule has 2 heterocycles. The molecule has 0 unspecified atom stereocenters. The second-order valence-corrected chi connectivity index (χ2v) is 5.37. The van der Waals surface area contributed by atoms with E-state index in [-0.39, 0.29) is 6.03 Å². The van der Waals surface area contributed by atoms with E-state index in [1.165, 1.54) is 4.88 Å². The highest BCUT2D eigenvalue weighted by Gasteiger charge is 2.18. The zero-order valence-electron chi connectivity index (χ0n) is 10.7. The molecule has 0 saturated heterocycles. The number of amides is 2. The first kappa shape index (κ1) is 13.0. The zero-order valence-corrected chi connectivity index (χ0v) is 11.5. The summed E-state index contributed by atoms with van der Waals surface area (Å²) >= 11 is 1.56. The van der Waals surface area contributed by atoms with Gasteiger partial charge in [-0.15, -0.1) is 11.3 Å². The molecule has 0 radical (unpaired) electrons. The van der Waals surface area contributed by atoms with Crippen molar-refractivity contribution in [1.82, 2.24) is 15.2 Å². The molecule has 0 bridgehead atoms. The Hall–Kier alpha value is -1.40. The summed E-state index contributed by atoms with van der Waals surface area (Å²) in [4.78, 5) is 19.5. The van der Waals surface area contributed by atoms with Crippen LogP contribution in [0, 0.1) is 0 Å². The average molecular weight is 266 g/mol. The van der Waals surface area contributed by atoms with E-state index in [2.05, 4.69) is 27.6 Å². The van der Waals surface area contributed by atoms with Gasteiger partial charge in [0.1, 0.15) is 0 Å². The minimum absolute atomic E-state index is 0.237. The van der Waals surface area contributed by atoms with Crippen molar-refractivity contribution >= 4 is 22.5 Å². The van der Waals surface area contributed by atoms with Crippen molar-refractivity contribution in [2.45, 2.75) is 26.3 Å². The molecule has 1 aromatic rings. The number of aromatic nitrogens is 1. The monoisotopic (exact) mass is 266 g/mol. The number of nitrogens with zero attached hydrogens (tertiary/aromatic N) is 2. The van der Waals surface area contributed by atoms with E-state index >= 15 is 0 Å². The highest BCUT2D eigenvalue weighted by molar-refractivity contribution is 7.15. The van der Waals surface area contributed by atoms with Gasteiger partial charge in [0.25, 0.3) is 0 Å². The number of rotatable bonds is 3. The number of carbonyl (C=O) groups is 1. The van der Waals surface area contributed by atoms with Crippen LogP contribution in [-0.2, 0) is 13.0 Å². The SMILES string of the molecule is CC/C=C/NC(=O)Nc1nc2c(s1)CN(C)CC2. The summed E-state index contributed by atoms with van der Waals surface area (Å²) in [5, 5.41) is 6.09. The Kier molecular flexibility index (Phi) is 4.33. The maximum Gasteiger partial charge on any atom is 0.324 e. The molecule has 2 rings (SSSR count). The van der Waals surface area contributed by atoms with Gasteiger partial charge in [-0.05, 0) is 13.5 Å². The zero-order chi connectivity index (χ0) is 13.0. The van der Waals surface area contributed by atoms with Crippen LogP contribution in [0.3, 0.4) is 0 Å². The fourth-order valence-corrected chi connectivity index (χ4v) is 2.85. The number of allylic oxidation sites excluding steroid dienone is 1. The van der Waals surface area contributed by atoms with Crippen molar-refractivity contribution in [3.63, 3.8) is 0 Å². The fraction of sp³-hybridized carbons (Fsp3) is 0.500. The van der Waals surface area contributed by atoms with Crippen LogP contribution in [0.1, 0.15) is 23.9 Å². The molecule has 98 valence electrons. The quantitative estimate of drug-likeness (QED) is 0.881. The van der Waals surface area contributed by atoms with Gasteiger partial charge in [0.2, 0.25) is 0 Å². The molecule has 1 aliphatic rings. The number of nitrogens with one attached hydrogen (secondary N) is 2. The minimum Gasteiger partial charge on any atom is -0.315 e. The molecule has 0 atom stereocenters. The smallest absolute Gasteiger partial charge is 0.315 e. The van der Waals surface area contributed by atoms with E-state index in [1.807, 2.05) is 13.0 Å². The second kappa shape index (κ2) is 5.97. The lowest BCUT2D eigenvalue weighted by molar-refractivity contribution is 0.255. The van der Waals surface area contributed by atoms with E-state index < -0.39 is 0 Å². The van der Waals surface area contributed by atoms with Gasteiger partial charge in [-0.1, -0.05) is 13.0 Å². The lowest BCUT2D eigenvalue weighted by atomic mass is 10.2. The third-order valence-electron chi connectivity index (χ3n) is 2.71. The lowest BCUT2D eigenvalue weighted by Crippen LogP contribution is -2.25. The van der Waals surface area contributed by atoms with Gasteiger partial charge >= 0.3 is 6.03 Å². The molecule has 18 heavy (non-hydrogen) atoms. The summed E-state index contributed by atoms with van der Waals surface area (Å²) in [7, 11) is 2.10. The number of hydrogen-bond donors (Lipinski definition) is 2.